The molecular formula is C17H21FN4O2S. The van der Waals surface area contributed by atoms with E-state index in [9.17, 15) is 9.18 Å². The van der Waals surface area contributed by atoms with E-state index in [0.717, 1.165) is 24.6 Å². The van der Waals surface area contributed by atoms with Crippen LogP contribution in [0.5, 0.6) is 0 Å². The van der Waals surface area contributed by atoms with E-state index in [1.807, 2.05) is 4.57 Å². The molecule has 0 saturated carbocycles. The summed E-state index contributed by atoms with van der Waals surface area (Å²) >= 11 is 1.26. The zero-order chi connectivity index (χ0) is 17.6. The lowest BCUT2D eigenvalue weighted by molar-refractivity contribution is -0.137. The number of ether oxygens (including phenoxy) is 1. The standard InChI is InChI=1S/C17H21FN4O2S/c1-24-16(23)12-25-17-20-19-15(11-21-9-3-2-4-10-21)22(17)14-7-5-13(18)6-8-14/h5-8H,2-4,9-12H2,1H3. The lowest BCUT2D eigenvalue weighted by Crippen LogP contribution is -2.30. The summed E-state index contributed by atoms with van der Waals surface area (Å²) in [6.45, 7) is 2.77. The van der Waals surface area contributed by atoms with Gasteiger partial charge in [-0.25, -0.2) is 4.39 Å². The van der Waals surface area contributed by atoms with E-state index in [0.29, 0.717) is 11.7 Å². The number of carbonyl (C=O) groups excluding carboxylic acids is 1. The number of carbonyl (C=O) groups is 1. The van der Waals surface area contributed by atoms with Crippen LogP contribution in [0.1, 0.15) is 25.1 Å². The fraction of sp³-hybridized carbons (Fsp3) is 0.471. The van der Waals surface area contributed by atoms with Crippen LogP contribution in [0.25, 0.3) is 5.69 Å². The maximum atomic E-state index is 13.3. The summed E-state index contributed by atoms with van der Waals surface area (Å²) in [6.07, 6.45) is 3.64. The van der Waals surface area contributed by atoms with Crippen LogP contribution >= 0.6 is 11.8 Å². The molecule has 6 nitrogen and oxygen atoms in total. The third-order valence-corrected chi connectivity index (χ3v) is 5.05. The van der Waals surface area contributed by atoms with Crippen molar-refractivity contribution in [1.29, 1.82) is 0 Å². The number of esters is 1. The Labute approximate surface area is 150 Å². The van der Waals surface area contributed by atoms with Gasteiger partial charge in [-0.2, -0.15) is 0 Å². The monoisotopic (exact) mass is 364 g/mol. The van der Waals surface area contributed by atoms with Crippen LogP contribution in [-0.2, 0) is 16.1 Å². The molecule has 25 heavy (non-hydrogen) atoms. The number of hydrogen-bond acceptors (Lipinski definition) is 6. The summed E-state index contributed by atoms with van der Waals surface area (Å²) in [4.78, 5) is 13.8. The number of thioether (sulfide) groups is 1. The third kappa shape index (κ3) is 4.58. The fourth-order valence-electron chi connectivity index (χ4n) is 2.85. The minimum atomic E-state index is -0.323. The lowest BCUT2D eigenvalue weighted by Gasteiger charge is -2.26. The van der Waals surface area contributed by atoms with E-state index in [-0.39, 0.29) is 17.5 Å². The molecule has 0 spiro atoms. The second kappa shape index (κ2) is 8.44. The summed E-state index contributed by atoms with van der Waals surface area (Å²) in [5.41, 5.74) is 0.783. The van der Waals surface area contributed by atoms with Crippen molar-refractivity contribution in [3.8, 4) is 5.69 Å². The van der Waals surface area contributed by atoms with Crippen LogP contribution in [0.3, 0.4) is 0 Å². The molecule has 0 radical (unpaired) electrons. The first-order valence-electron chi connectivity index (χ1n) is 8.29. The van der Waals surface area contributed by atoms with Crippen molar-refractivity contribution in [3.63, 3.8) is 0 Å². The van der Waals surface area contributed by atoms with Crippen molar-refractivity contribution in [3.05, 3.63) is 35.9 Å². The van der Waals surface area contributed by atoms with E-state index < -0.39 is 0 Å². The molecular weight excluding hydrogens is 343 g/mol. The van der Waals surface area contributed by atoms with Gasteiger partial charge >= 0.3 is 5.97 Å². The Morgan fingerprint density at radius 2 is 1.92 bits per heavy atom. The number of hydrogen-bond donors (Lipinski definition) is 0. The Morgan fingerprint density at radius 1 is 1.20 bits per heavy atom. The summed E-state index contributed by atoms with van der Waals surface area (Å²) < 4.78 is 19.9. The molecule has 2 aromatic rings. The Kier molecular flexibility index (Phi) is 6.04. The van der Waals surface area contributed by atoms with Crippen molar-refractivity contribution in [1.82, 2.24) is 19.7 Å². The molecule has 1 aromatic heterocycles. The van der Waals surface area contributed by atoms with Crippen molar-refractivity contribution in [2.45, 2.75) is 31.0 Å². The number of methoxy groups -OCH3 is 1. The summed E-state index contributed by atoms with van der Waals surface area (Å²) in [6, 6.07) is 6.21. The zero-order valence-corrected chi connectivity index (χ0v) is 15.0. The van der Waals surface area contributed by atoms with Gasteiger partial charge in [0.1, 0.15) is 5.82 Å². The Morgan fingerprint density at radius 3 is 2.60 bits per heavy atom. The van der Waals surface area contributed by atoms with Gasteiger partial charge in [-0.3, -0.25) is 14.3 Å². The van der Waals surface area contributed by atoms with Gasteiger partial charge in [0.15, 0.2) is 11.0 Å². The fourth-order valence-corrected chi connectivity index (χ4v) is 3.65. The molecule has 0 bridgehead atoms. The lowest BCUT2D eigenvalue weighted by atomic mass is 10.1. The summed E-state index contributed by atoms with van der Waals surface area (Å²) in [7, 11) is 1.36. The van der Waals surface area contributed by atoms with Crippen molar-refractivity contribution >= 4 is 17.7 Å². The van der Waals surface area contributed by atoms with E-state index in [2.05, 4.69) is 19.8 Å². The average molecular weight is 364 g/mol. The van der Waals surface area contributed by atoms with E-state index >= 15 is 0 Å². The molecule has 0 N–H and O–H groups in total. The predicted molar refractivity (Wildman–Crippen MR) is 93.2 cm³/mol. The first-order chi connectivity index (χ1) is 12.2. The van der Waals surface area contributed by atoms with Gasteiger partial charge in [0.2, 0.25) is 0 Å². The number of benzene rings is 1. The highest BCUT2D eigenvalue weighted by molar-refractivity contribution is 7.99. The molecule has 1 saturated heterocycles. The molecule has 1 aliphatic heterocycles. The topological polar surface area (TPSA) is 60.2 Å². The average Bonchev–Trinajstić information content (AvgIpc) is 3.03. The highest BCUT2D eigenvalue weighted by Crippen LogP contribution is 2.24. The van der Waals surface area contributed by atoms with Crippen molar-refractivity contribution in [2.24, 2.45) is 0 Å². The maximum absolute atomic E-state index is 13.3. The Balaban J connectivity index is 1.86. The minimum Gasteiger partial charge on any atom is -0.468 e. The van der Waals surface area contributed by atoms with E-state index in [1.165, 1.54) is 50.3 Å². The molecule has 8 heteroatoms. The molecule has 0 amide bonds. The van der Waals surface area contributed by atoms with Gasteiger partial charge in [0.05, 0.1) is 19.4 Å². The number of rotatable bonds is 6. The van der Waals surface area contributed by atoms with Gasteiger partial charge in [-0.15, -0.1) is 10.2 Å². The molecule has 0 aliphatic carbocycles. The normalized spacial score (nSPS) is 15.3. The SMILES string of the molecule is COC(=O)CSc1nnc(CN2CCCCC2)n1-c1ccc(F)cc1. The zero-order valence-electron chi connectivity index (χ0n) is 14.2. The molecule has 134 valence electrons. The molecule has 1 aromatic carbocycles. The molecule has 2 heterocycles. The largest absolute Gasteiger partial charge is 0.468 e. The van der Waals surface area contributed by atoms with Crippen LogP contribution < -0.4 is 0 Å². The number of nitrogens with zero attached hydrogens (tertiary/aromatic N) is 4. The predicted octanol–water partition coefficient (Wildman–Crippen LogP) is 2.66. The highest BCUT2D eigenvalue weighted by Gasteiger charge is 2.19. The number of halogens is 1. The van der Waals surface area contributed by atoms with Crippen molar-refractivity contribution in [2.75, 3.05) is 26.0 Å². The summed E-state index contributed by atoms with van der Waals surface area (Å²) in [5, 5.41) is 9.15. The van der Waals surface area contributed by atoms with Crippen LogP contribution in [0.2, 0.25) is 0 Å². The van der Waals surface area contributed by atoms with Crippen LogP contribution in [0, 0.1) is 5.82 Å². The second-order valence-electron chi connectivity index (χ2n) is 5.91. The van der Waals surface area contributed by atoms with Gasteiger partial charge in [0, 0.05) is 5.69 Å². The number of likely N-dealkylation sites (tertiary alicyclic amines) is 1. The molecule has 0 unspecified atom stereocenters. The van der Waals surface area contributed by atoms with Gasteiger partial charge in [-0.1, -0.05) is 18.2 Å². The van der Waals surface area contributed by atoms with Crippen molar-refractivity contribution < 1.29 is 13.9 Å². The molecule has 1 aliphatic rings. The first kappa shape index (κ1) is 17.9. The smallest absolute Gasteiger partial charge is 0.316 e. The quantitative estimate of drug-likeness (QED) is 0.580. The highest BCUT2D eigenvalue weighted by atomic mass is 32.2. The number of aromatic nitrogens is 3. The van der Waals surface area contributed by atoms with Crippen LogP contribution in [-0.4, -0.2) is 51.6 Å². The Hall–Kier alpha value is -1.93. The second-order valence-corrected chi connectivity index (χ2v) is 6.85. The first-order valence-corrected chi connectivity index (χ1v) is 9.28. The molecule has 0 atom stereocenters. The van der Waals surface area contributed by atoms with Gasteiger partial charge in [-0.05, 0) is 50.2 Å². The van der Waals surface area contributed by atoms with E-state index in [1.54, 1.807) is 12.1 Å². The maximum Gasteiger partial charge on any atom is 0.316 e. The van der Waals surface area contributed by atoms with Crippen LogP contribution in [0.15, 0.2) is 29.4 Å². The third-order valence-electron chi connectivity index (χ3n) is 4.15. The van der Waals surface area contributed by atoms with E-state index in [4.69, 9.17) is 0 Å². The molecule has 1 fully saturated rings. The molecule has 3 rings (SSSR count). The Bertz CT molecular complexity index is 714. The number of piperidine rings is 1. The van der Waals surface area contributed by atoms with Crippen LogP contribution in [0.4, 0.5) is 4.39 Å². The van der Waals surface area contributed by atoms with Gasteiger partial charge in [0.25, 0.3) is 0 Å². The minimum absolute atomic E-state index is 0.152. The van der Waals surface area contributed by atoms with Gasteiger partial charge < -0.3 is 4.74 Å². The summed E-state index contributed by atoms with van der Waals surface area (Å²) in [5.74, 6) is 0.329.